The largest absolute Gasteiger partial charge is 0.496 e. The Morgan fingerprint density at radius 3 is 2.24 bits per heavy atom. The zero-order valence-electron chi connectivity index (χ0n) is 16.4. The highest BCUT2D eigenvalue weighted by molar-refractivity contribution is 6.55. The summed E-state index contributed by atoms with van der Waals surface area (Å²) in [5.74, 6) is -0.547. The zero-order valence-corrected chi connectivity index (χ0v) is 21.0. The van der Waals surface area contributed by atoms with Gasteiger partial charge in [-0.05, 0) is 30.3 Å². The van der Waals surface area contributed by atoms with E-state index in [1.54, 1.807) is 12.1 Å². The van der Waals surface area contributed by atoms with Gasteiger partial charge in [0.15, 0.2) is 11.6 Å². The lowest BCUT2D eigenvalue weighted by molar-refractivity contribution is 0.0475. The molecule has 0 atom stereocenters. The van der Waals surface area contributed by atoms with E-state index < -0.39 is 5.97 Å². The molecule has 0 aliphatic heterocycles. The number of carbonyl (C=O) groups excluding carboxylic acids is 1. The minimum Gasteiger partial charge on any atom is -0.496 e. The summed E-state index contributed by atoms with van der Waals surface area (Å²) >= 11 is 36.2. The lowest BCUT2D eigenvalue weighted by Crippen LogP contribution is -2.16. The number of methoxy groups -OCH3 is 1. The fraction of sp³-hybridized carbons (Fsp3) is 0.100. The van der Waals surface area contributed by atoms with E-state index in [2.05, 4.69) is 5.16 Å². The van der Waals surface area contributed by atoms with E-state index in [-0.39, 0.29) is 54.8 Å². The Kier molecular flexibility index (Phi) is 8.50. The summed E-state index contributed by atoms with van der Waals surface area (Å²) in [5.41, 5.74) is 6.22. The maximum absolute atomic E-state index is 12.3. The van der Waals surface area contributed by atoms with Gasteiger partial charge in [-0.3, -0.25) is 0 Å². The lowest BCUT2D eigenvalue weighted by atomic mass is 10.2. The van der Waals surface area contributed by atoms with E-state index >= 15 is 0 Å². The van der Waals surface area contributed by atoms with Crippen LogP contribution >= 0.6 is 69.6 Å². The molecule has 3 rings (SSSR count). The van der Waals surface area contributed by atoms with Crippen molar-refractivity contribution in [3.8, 4) is 11.5 Å². The molecule has 2 aromatic carbocycles. The monoisotopic (exact) mass is 570 g/mol. The van der Waals surface area contributed by atoms with Crippen LogP contribution in [-0.4, -0.2) is 18.9 Å². The van der Waals surface area contributed by atoms with Crippen molar-refractivity contribution in [1.82, 2.24) is 0 Å². The number of carbonyl (C=O) groups is 1. The van der Waals surface area contributed by atoms with E-state index in [0.717, 1.165) is 0 Å². The molecule has 0 saturated carbocycles. The van der Waals surface area contributed by atoms with Gasteiger partial charge < -0.3 is 24.5 Å². The van der Waals surface area contributed by atoms with Crippen LogP contribution in [0.1, 0.15) is 21.9 Å². The number of nitrogens with two attached hydrogens (primary N) is 1. The number of amidine groups is 1. The van der Waals surface area contributed by atoms with Crippen LogP contribution < -0.4 is 15.2 Å². The minimum absolute atomic E-state index is 0.000986. The summed E-state index contributed by atoms with van der Waals surface area (Å²) in [6, 6.07) is 7.56. The van der Waals surface area contributed by atoms with Gasteiger partial charge in [-0.25, -0.2) is 4.79 Å². The van der Waals surface area contributed by atoms with Crippen LogP contribution in [0.25, 0.3) is 0 Å². The first-order valence-corrected chi connectivity index (χ1v) is 11.0. The first-order valence-electron chi connectivity index (χ1n) is 8.75. The fourth-order valence-corrected chi connectivity index (χ4v) is 3.89. The van der Waals surface area contributed by atoms with Gasteiger partial charge in [-0.2, -0.15) is 0 Å². The lowest BCUT2D eigenvalue weighted by Gasteiger charge is -2.12. The molecule has 2 N–H and O–H groups in total. The Morgan fingerprint density at radius 1 is 0.970 bits per heavy atom. The summed E-state index contributed by atoms with van der Waals surface area (Å²) in [7, 11) is 1.45. The van der Waals surface area contributed by atoms with Crippen molar-refractivity contribution in [3.05, 3.63) is 77.6 Å². The van der Waals surface area contributed by atoms with Gasteiger partial charge in [-0.1, -0.05) is 74.8 Å². The smallest absolute Gasteiger partial charge is 0.400 e. The van der Waals surface area contributed by atoms with E-state index in [0.29, 0.717) is 16.3 Å². The Bertz CT molecular complexity index is 1210. The van der Waals surface area contributed by atoms with Crippen LogP contribution in [0.15, 0.2) is 39.9 Å². The first kappa shape index (κ1) is 25.6. The molecule has 13 heteroatoms. The number of halogens is 6. The van der Waals surface area contributed by atoms with Gasteiger partial charge in [0.1, 0.15) is 28.2 Å². The van der Waals surface area contributed by atoms with Crippen LogP contribution in [0.4, 0.5) is 0 Å². The number of hydrogen-bond donors (Lipinski definition) is 1. The average molecular weight is 573 g/mol. The van der Waals surface area contributed by atoms with Gasteiger partial charge in [0.05, 0.1) is 27.7 Å². The Hall–Kier alpha value is -2.00. The van der Waals surface area contributed by atoms with Gasteiger partial charge >= 0.3 is 5.97 Å². The molecule has 1 aromatic heterocycles. The summed E-state index contributed by atoms with van der Waals surface area (Å²) in [6.45, 7) is -0.161. The number of nitrogens with zero attached hydrogens (tertiary/aromatic N) is 1. The van der Waals surface area contributed by atoms with Gasteiger partial charge in [-0.15, -0.1) is 0 Å². The summed E-state index contributed by atoms with van der Waals surface area (Å²) in [6.07, 6.45) is 0. The summed E-state index contributed by atoms with van der Waals surface area (Å²) in [5, 5.41) is 3.93. The Balaban J connectivity index is 1.69. The van der Waals surface area contributed by atoms with Crippen molar-refractivity contribution < 1.29 is 23.5 Å². The van der Waals surface area contributed by atoms with Crippen molar-refractivity contribution in [2.24, 2.45) is 10.9 Å². The zero-order chi connectivity index (χ0) is 24.3. The molecule has 3 aromatic rings. The molecule has 0 unspecified atom stereocenters. The molecule has 0 radical (unpaired) electrons. The number of furan rings is 1. The van der Waals surface area contributed by atoms with Gasteiger partial charge in [0, 0.05) is 5.02 Å². The van der Waals surface area contributed by atoms with Crippen molar-refractivity contribution in [2.75, 3.05) is 7.11 Å². The van der Waals surface area contributed by atoms with Crippen LogP contribution in [0.3, 0.4) is 0 Å². The predicted molar refractivity (Wildman–Crippen MR) is 129 cm³/mol. The van der Waals surface area contributed by atoms with Gasteiger partial charge in [0.25, 0.3) is 0 Å². The Labute approximate surface area is 217 Å². The summed E-state index contributed by atoms with van der Waals surface area (Å²) in [4.78, 5) is 17.1. The Morgan fingerprint density at radius 2 is 1.61 bits per heavy atom. The van der Waals surface area contributed by atoms with Crippen LogP contribution in [0.2, 0.25) is 30.1 Å². The minimum atomic E-state index is -0.904. The second kappa shape index (κ2) is 11.0. The maximum atomic E-state index is 12.3. The van der Waals surface area contributed by atoms with Gasteiger partial charge in [0.2, 0.25) is 5.76 Å². The number of oxime groups is 1. The molecule has 0 saturated heterocycles. The SMILES string of the molecule is COc1ccc(Cl)cc1/C(N)=N/OC(=O)c1ccc(COc2c(Cl)c(Cl)c(Cl)c(Cl)c2Cl)o1. The molecule has 1 heterocycles. The second-order valence-corrected chi connectivity index (χ2v) is 8.48. The summed E-state index contributed by atoms with van der Waals surface area (Å²) < 4.78 is 16.1. The normalized spacial score (nSPS) is 11.4. The number of ether oxygens (including phenoxy) is 2. The maximum Gasteiger partial charge on any atom is 0.400 e. The second-order valence-electron chi connectivity index (χ2n) is 6.15. The molecule has 0 bridgehead atoms. The third kappa shape index (κ3) is 5.74. The molecule has 0 spiro atoms. The topological polar surface area (TPSA) is 96.3 Å². The van der Waals surface area contributed by atoms with Crippen LogP contribution in [0.5, 0.6) is 11.5 Å². The van der Waals surface area contributed by atoms with Crippen molar-refractivity contribution in [2.45, 2.75) is 6.61 Å². The number of hydrogen-bond acceptors (Lipinski definition) is 6. The van der Waals surface area contributed by atoms with E-state index in [1.807, 2.05) is 0 Å². The molecule has 0 fully saturated rings. The van der Waals surface area contributed by atoms with Crippen LogP contribution in [-0.2, 0) is 11.4 Å². The fourth-order valence-electron chi connectivity index (χ4n) is 2.49. The molecule has 33 heavy (non-hydrogen) atoms. The average Bonchev–Trinajstić information content (AvgIpc) is 3.28. The predicted octanol–water partition coefficient (Wildman–Crippen LogP) is 7.26. The molecule has 0 aliphatic rings. The molecular formula is C20H12Cl6N2O5. The van der Waals surface area contributed by atoms with Crippen molar-refractivity contribution >= 4 is 81.4 Å². The van der Waals surface area contributed by atoms with Crippen LogP contribution in [0, 0.1) is 0 Å². The highest BCUT2D eigenvalue weighted by atomic mass is 35.5. The molecule has 0 aliphatic carbocycles. The van der Waals surface area contributed by atoms with E-state index in [4.69, 9.17) is 94.1 Å². The third-order valence-corrected chi connectivity index (χ3v) is 6.53. The molecular weight excluding hydrogens is 561 g/mol. The van der Waals surface area contributed by atoms with E-state index in [9.17, 15) is 4.79 Å². The van der Waals surface area contributed by atoms with Crippen molar-refractivity contribution in [3.63, 3.8) is 0 Å². The molecule has 174 valence electrons. The first-order chi connectivity index (χ1) is 15.6. The number of benzene rings is 2. The molecule has 0 amide bonds. The highest BCUT2D eigenvalue weighted by Crippen LogP contribution is 2.48. The van der Waals surface area contributed by atoms with Crippen molar-refractivity contribution in [1.29, 1.82) is 0 Å². The third-order valence-electron chi connectivity index (χ3n) is 4.06. The highest BCUT2D eigenvalue weighted by Gasteiger charge is 2.21. The number of rotatable bonds is 7. The quantitative estimate of drug-likeness (QED) is 0.0799. The standard InChI is InChI=1S/C20H12Cl6N2O5/c1-30-11-4-2-8(21)6-10(11)19(27)28-33-20(29)12-5-3-9(32-12)7-31-18-16(25)14(23)13(22)15(24)17(18)26/h2-6H,7H2,1H3,(H2,27,28). The van der Waals surface area contributed by atoms with E-state index in [1.165, 1.54) is 25.3 Å². The molecule has 7 nitrogen and oxygen atoms in total.